The van der Waals surface area contributed by atoms with Gasteiger partial charge in [-0.25, -0.2) is 0 Å². The van der Waals surface area contributed by atoms with E-state index < -0.39 is 0 Å². The highest BCUT2D eigenvalue weighted by molar-refractivity contribution is 5.83. The van der Waals surface area contributed by atoms with E-state index >= 15 is 0 Å². The Morgan fingerprint density at radius 1 is 1.39 bits per heavy atom. The minimum absolute atomic E-state index is 0.171. The molecule has 1 rings (SSSR count). The van der Waals surface area contributed by atoms with Gasteiger partial charge in [-0.05, 0) is 19.4 Å². The van der Waals surface area contributed by atoms with Gasteiger partial charge in [0.25, 0.3) is 0 Å². The Hall–Kier alpha value is -0.650. The van der Waals surface area contributed by atoms with Crippen LogP contribution in [-0.4, -0.2) is 52.5 Å². The van der Waals surface area contributed by atoms with Gasteiger partial charge in [0.05, 0.1) is 25.2 Å². The van der Waals surface area contributed by atoms with E-state index in [4.69, 9.17) is 9.47 Å². The molecule has 1 aliphatic rings. The molecule has 106 valence electrons. The molecule has 1 saturated heterocycles. The first-order valence-corrected chi connectivity index (χ1v) is 6.81. The summed E-state index contributed by atoms with van der Waals surface area (Å²) in [4.78, 5) is 12.2. The monoisotopic (exact) mass is 258 g/mol. The Bertz CT molecular complexity index is 240. The van der Waals surface area contributed by atoms with Gasteiger partial charge in [0, 0.05) is 20.2 Å². The van der Waals surface area contributed by atoms with Crippen molar-refractivity contribution >= 4 is 5.91 Å². The Morgan fingerprint density at radius 3 is 2.83 bits per heavy atom. The fourth-order valence-corrected chi connectivity index (χ4v) is 2.41. The minimum Gasteiger partial charge on any atom is -0.382 e. The van der Waals surface area contributed by atoms with Gasteiger partial charge in [0.15, 0.2) is 0 Å². The van der Waals surface area contributed by atoms with Crippen molar-refractivity contribution in [2.75, 3.05) is 46.6 Å². The first-order valence-electron chi connectivity index (χ1n) is 6.81. The fraction of sp³-hybridized carbons (Fsp3) is 0.923. The standard InChI is InChI=1S/C13H26N2O3/c1-3-4-13(5-6-14-11-13)12(16)15-7-8-18-10-9-17-2/h14H,3-11H2,1-2H3,(H,15,16). The van der Waals surface area contributed by atoms with Gasteiger partial charge in [-0.15, -0.1) is 0 Å². The summed E-state index contributed by atoms with van der Waals surface area (Å²) < 4.78 is 10.2. The Labute approximate surface area is 110 Å². The average Bonchev–Trinajstić information content (AvgIpc) is 2.83. The normalized spacial score (nSPS) is 23.2. The van der Waals surface area contributed by atoms with Crippen LogP contribution in [0.1, 0.15) is 26.2 Å². The second-order valence-corrected chi connectivity index (χ2v) is 4.82. The molecule has 0 aromatic carbocycles. The van der Waals surface area contributed by atoms with Gasteiger partial charge < -0.3 is 20.1 Å². The average molecular weight is 258 g/mol. The van der Waals surface area contributed by atoms with Gasteiger partial charge in [0.1, 0.15) is 0 Å². The first-order chi connectivity index (χ1) is 8.75. The zero-order chi connectivity index (χ0) is 13.3. The third-order valence-electron chi connectivity index (χ3n) is 3.42. The molecule has 1 amide bonds. The first kappa shape index (κ1) is 15.4. The predicted octanol–water partition coefficient (Wildman–Crippen LogP) is 0.545. The molecule has 0 bridgehead atoms. The van der Waals surface area contributed by atoms with Crippen LogP contribution in [0.4, 0.5) is 0 Å². The highest BCUT2D eigenvalue weighted by atomic mass is 16.5. The van der Waals surface area contributed by atoms with Crippen molar-refractivity contribution in [2.24, 2.45) is 5.41 Å². The lowest BCUT2D eigenvalue weighted by molar-refractivity contribution is -0.130. The maximum Gasteiger partial charge on any atom is 0.227 e. The molecule has 0 aromatic heterocycles. The lowest BCUT2D eigenvalue weighted by Crippen LogP contribution is -2.43. The summed E-state index contributed by atoms with van der Waals surface area (Å²) in [7, 11) is 1.65. The van der Waals surface area contributed by atoms with Crippen molar-refractivity contribution in [3.8, 4) is 0 Å². The van der Waals surface area contributed by atoms with Crippen LogP contribution in [-0.2, 0) is 14.3 Å². The highest BCUT2D eigenvalue weighted by Gasteiger charge is 2.39. The second-order valence-electron chi connectivity index (χ2n) is 4.82. The SMILES string of the molecule is CCCC1(C(=O)NCCOCCOC)CCNC1. The van der Waals surface area contributed by atoms with Crippen LogP contribution in [0, 0.1) is 5.41 Å². The molecule has 0 aliphatic carbocycles. The van der Waals surface area contributed by atoms with E-state index in [-0.39, 0.29) is 11.3 Å². The number of carbonyl (C=O) groups is 1. The van der Waals surface area contributed by atoms with E-state index in [0.717, 1.165) is 32.4 Å². The molecule has 2 N–H and O–H groups in total. The molecule has 0 saturated carbocycles. The summed E-state index contributed by atoms with van der Waals surface area (Å²) in [6, 6.07) is 0. The number of rotatable bonds is 9. The quantitative estimate of drug-likeness (QED) is 0.593. The lowest BCUT2D eigenvalue weighted by atomic mass is 9.81. The summed E-state index contributed by atoms with van der Waals surface area (Å²) in [6.07, 6.45) is 2.94. The molecule has 5 nitrogen and oxygen atoms in total. The number of nitrogens with one attached hydrogen (secondary N) is 2. The Balaban J connectivity index is 2.21. The van der Waals surface area contributed by atoms with E-state index in [1.54, 1.807) is 7.11 Å². The number of amides is 1. The fourth-order valence-electron chi connectivity index (χ4n) is 2.41. The van der Waals surface area contributed by atoms with Crippen LogP contribution in [0.15, 0.2) is 0 Å². The summed E-state index contributed by atoms with van der Waals surface area (Å²) in [6.45, 7) is 6.17. The number of methoxy groups -OCH3 is 1. The third kappa shape index (κ3) is 4.55. The molecular weight excluding hydrogens is 232 g/mol. The molecule has 0 radical (unpaired) electrons. The number of carbonyl (C=O) groups excluding carboxylic acids is 1. The summed E-state index contributed by atoms with van der Waals surface area (Å²) in [5.74, 6) is 0.171. The number of ether oxygens (including phenoxy) is 2. The van der Waals surface area contributed by atoms with Crippen LogP contribution in [0.5, 0.6) is 0 Å². The number of hydrogen-bond donors (Lipinski definition) is 2. The van der Waals surface area contributed by atoms with Gasteiger partial charge in [-0.3, -0.25) is 4.79 Å². The van der Waals surface area contributed by atoms with Gasteiger partial charge in [-0.2, -0.15) is 0 Å². The minimum atomic E-state index is -0.193. The van der Waals surface area contributed by atoms with E-state index in [1.165, 1.54) is 0 Å². The largest absolute Gasteiger partial charge is 0.382 e. The molecule has 1 unspecified atom stereocenters. The van der Waals surface area contributed by atoms with Crippen LogP contribution < -0.4 is 10.6 Å². The molecule has 0 spiro atoms. The lowest BCUT2D eigenvalue weighted by Gasteiger charge is -2.26. The van der Waals surface area contributed by atoms with Crippen LogP contribution in [0.2, 0.25) is 0 Å². The van der Waals surface area contributed by atoms with E-state index in [0.29, 0.717) is 26.4 Å². The Kier molecular flexibility index (Phi) is 7.23. The summed E-state index contributed by atoms with van der Waals surface area (Å²) in [5, 5.41) is 6.27. The molecule has 18 heavy (non-hydrogen) atoms. The van der Waals surface area contributed by atoms with Crippen LogP contribution in [0.3, 0.4) is 0 Å². The second kappa shape index (κ2) is 8.45. The molecular formula is C13H26N2O3. The van der Waals surface area contributed by atoms with Crippen molar-refractivity contribution in [3.05, 3.63) is 0 Å². The van der Waals surface area contributed by atoms with Crippen LogP contribution in [0.25, 0.3) is 0 Å². The maximum absolute atomic E-state index is 12.2. The van der Waals surface area contributed by atoms with Crippen molar-refractivity contribution in [2.45, 2.75) is 26.2 Å². The predicted molar refractivity (Wildman–Crippen MR) is 70.5 cm³/mol. The number of hydrogen-bond acceptors (Lipinski definition) is 4. The molecule has 5 heteroatoms. The Morgan fingerprint density at radius 2 is 2.22 bits per heavy atom. The summed E-state index contributed by atoms with van der Waals surface area (Å²) in [5.41, 5.74) is -0.193. The zero-order valence-corrected chi connectivity index (χ0v) is 11.6. The van der Waals surface area contributed by atoms with Crippen molar-refractivity contribution in [3.63, 3.8) is 0 Å². The maximum atomic E-state index is 12.2. The topological polar surface area (TPSA) is 59.6 Å². The molecule has 1 atom stereocenters. The molecule has 1 aliphatic heterocycles. The highest BCUT2D eigenvalue weighted by Crippen LogP contribution is 2.31. The van der Waals surface area contributed by atoms with Crippen LogP contribution >= 0.6 is 0 Å². The van der Waals surface area contributed by atoms with E-state index in [1.807, 2.05) is 0 Å². The zero-order valence-electron chi connectivity index (χ0n) is 11.6. The third-order valence-corrected chi connectivity index (χ3v) is 3.42. The van der Waals surface area contributed by atoms with E-state index in [9.17, 15) is 4.79 Å². The van der Waals surface area contributed by atoms with Crippen molar-refractivity contribution in [1.82, 2.24) is 10.6 Å². The molecule has 1 heterocycles. The van der Waals surface area contributed by atoms with Crippen molar-refractivity contribution < 1.29 is 14.3 Å². The van der Waals surface area contributed by atoms with Gasteiger partial charge in [-0.1, -0.05) is 13.3 Å². The van der Waals surface area contributed by atoms with Gasteiger partial charge in [0.2, 0.25) is 5.91 Å². The van der Waals surface area contributed by atoms with Gasteiger partial charge >= 0.3 is 0 Å². The molecule has 1 fully saturated rings. The summed E-state index contributed by atoms with van der Waals surface area (Å²) >= 11 is 0. The smallest absolute Gasteiger partial charge is 0.227 e. The van der Waals surface area contributed by atoms with E-state index in [2.05, 4.69) is 17.6 Å². The van der Waals surface area contributed by atoms with Crippen molar-refractivity contribution in [1.29, 1.82) is 0 Å². The molecule has 0 aromatic rings.